The van der Waals surface area contributed by atoms with Crippen molar-refractivity contribution in [3.63, 3.8) is 0 Å². The molecule has 0 radical (unpaired) electrons. The second-order valence-electron chi connectivity index (χ2n) is 7.16. The summed E-state index contributed by atoms with van der Waals surface area (Å²) in [7, 11) is 1.62. The number of halogens is 1. The lowest BCUT2D eigenvalue weighted by Crippen LogP contribution is -2.22. The van der Waals surface area contributed by atoms with Gasteiger partial charge in [0.2, 0.25) is 0 Å². The zero-order valence-corrected chi connectivity index (χ0v) is 18.0. The zero-order chi connectivity index (χ0) is 21.6. The van der Waals surface area contributed by atoms with E-state index in [0.717, 1.165) is 38.1 Å². The van der Waals surface area contributed by atoms with E-state index in [2.05, 4.69) is 11.4 Å². The third-order valence-electron chi connectivity index (χ3n) is 5.05. The fraction of sp³-hybridized carbons (Fsp3) is 0.200. The normalized spacial score (nSPS) is 12.3. The first-order valence-electron chi connectivity index (χ1n) is 10.1. The summed E-state index contributed by atoms with van der Waals surface area (Å²) in [5.74, 6) is 0.617. The molecule has 1 aliphatic rings. The van der Waals surface area contributed by atoms with Gasteiger partial charge in [0.25, 0.3) is 5.91 Å². The maximum atomic E-state index is 12.8. The fourth-order valence-electron chi connectivity index (χ4n) is 3.40. The van der Waals surface area contributed by atoms with Crippen LogP contribution in [0.5, 0.6) is 5.75 Å². The maximum Gasteiger partial charge on any atom is 0.251 e. The smallest absolute Gasteiger partial charge is 0.251 e. The van der Waals surface area contributed by atoms with Crippen molar-refractivity contribution in [1.82, 2.24) is 5.32 Å². The summed E-state index contributed by atoms with van der Waals surface area (Å²) in [5.41, 5.74) is 4.17. The molecule has 0 fully saturated rings. The van der Waals surface area contributed by atoms with E-state index in [-0.39, 0.29) is 12.6 Å². The van der Waals surface area contributed by atoms with E-state index in [1.807, 2.05) is 60.7 Å². The molecule has 0 saturated heterocycles. The van der Waals surface area contributed by atoms with Crippen LogP contribution in [-0.2, 0) is 6.54 Å². The third kappa shape index (κ3) is 4.97. The Hall–Kier alpha value is -3.12. The summed E-state index contributed by atoms with van der Waals surface area (Å²) in [6.07, 6.45) is 0.983. The standard InChI is InChI=1S/C25H23FN2O2S/c1-30-19-11-8-17(9-12-19)16-27-25(29)18-10-13-24-22(15-18)28-21(6-4-14-26)20-5-2-3-7-23(20)31-24/h2-3,5,7-13,15H,4,6,14,16H2,1H3,(H,27,29). The molecule has 6 heteroatoms. The van der Waals surface area contributed by atoms with Gasteiger partial charge in [0.1, 0.15) is 5.75 Å². The third-order valence-corrected chi connectivity index (χ3v) is 6.19. The molecule has 0 aliphatic carbocycles. The van der Waals surface area contributed by atoms with Crippen molar-refractivity contribution in [2.75, 3.05) is 13.8 Å². The largest absolute Gasteiger partial charge is 0.497 e. The molecule has 4 nitrogen and oxygen atoms in total. The van der Waals surface area contributed by atoms with Crippen molar-refractivity contribution >= 4 is 29.1 Å². The second kappa shape index (κ2) is 9.79. The summed E-state index contributed by atoms with van der Waals surface area (Å²) < 4.78 is 18.0. The summed E-state index contributed by atoms with van der Waals surface area (Å²) in [6.45, 7) is 0.0418. The second-order valence-corrected chi connectivity index (χ2v) is 8.25. The average Bonchev–Trinajstić information content (AvgIpc) is 2.97. The SMILES string of the molecule is COc1ccc(CNC(=O)c2ccc3c(c2)N=C(CCCF)c2ccccc2S3)cc1. The van der Waals surface area contributed by atoms with Crippen molar-refractivity contribution < 1.29 is 13.9 Å². The number of rotatable bonds is 7. The minimum absolute atomic E-state index is 0.161. The molecule has 0 aromatic heterocycles. The van der Waals surface area contributed by atoms with Crippen LogP contribution in [0.15, 0.2) is 81.5 Å². The summed E-state index contributed by atoms with van der Waals surface area (Å²) in [5, 5.41) is 2.95. The Bertz CT molecular complexity index is 1110. The maximum absolute atomic E-state index is 12.8. The molecule has 4 rings (SSSR count). The van der Waals surface area contributed by atoms with Gasteiger partial charge in [-0.1, -0.05) is 42.1 Å². The van der Waals surface area contributed by atoms with Gasteiger partial charge in [-0.05, 0) is 54.8 Å². The van der Waals surface area contributed by atoms with E-state index in [4.69, 9.17) is 9.73 Å². The number of carbonyl (C=O) groups is 1. The Morgan fingerprint density at radius 2 is 1.87 bits per heavy atom. The molecule has 3 aromatic rings. The fourth-order valence-corrected chi connectivity index (χ4v) is 4.43. The quantitative estimate of drug-likeness (QED) is 0.499. The van der Waals surface area contributed by atoms with E-state index in [9.17, 15) is 9.18 Å². The monoisotopic (exact) mass is 434 g/mol. The lowest BCUT2D eigenvalue weighted by Gasteiger charge is -2.09. The highest BCUT2D eigenvalue weighted by Crippen LogP contribution is 2.41. The Morgan fingerprint density at radius 3 is 2.65 bits per heavy atom. The van der Waals surface area contributed by atoms with Gasteiger partial charge < -0.3 is 10.1 Å². The van der Waals surface area contributed by atoms with Crippen LogP contribution >= 0.6 is 11.8 Å². The highest BCUT2D eigenvalue weighted by Gasteiger charge is 2.18. The number of aliphatic imine (C=N–C) groups is 1. The highest BCUT2D eigenvalue weighted by molar-refractivity contribution is 7.99. The Kier molecular flexibility index (Phi) is 6.67. The van der Waals surface area contributed by atoms with Crippen LogP contribution in [0.4, 0.5) is 10.1 Å². The number of ether oxygens (including phenoxy) is 1. The molecule has 1 heterocycles. The molecule has 0 saturated carbocycles. The number of nitrogens with one attached hydrogen (secondary N) is 1. The molecule has 3 aromatic carbocycles. The molecule has 1 N–H and O–H groups in total. The number of benzene rings is 3. The van der Waals surface area contributed by atoms with E-state index >= 15 is 0 Å². The molecule has 0 unspecified atom stereocenters. The summed E-state index contributed by atoms with van der Waals surface area (Å²) in [6, 6.07) is 21.2. The van der Waals surface area contributed by atoms with E-state index < -0.39 is 0 Å². The molecule has 0 bridgehead atoms. The molecule has 0 spiro atoms. The Labute approximate surface area is 185 Å². The van der Waals surface area contributed by atoms with Crippen LogP contribution in [0.3, 0.4) is 0 Å². The number of carbonyl (C=O) groups excluding carboxylic acids is 1. The van der Waals surface area contributed by atoms with E-state index in [1.165, 1.54) is 0 Å². The predicted octanol–water partition coefficient (Wildman–Crippen LogP) is 5.96. The van der Waals surface area contributed by atoms with E-state index in [1.54, 1.807) is 18.9 Å². The minimum atomic E-state index is -0.380. The van der Waals surface area contributed by atoms with Crippen molar-refractivity contribution in [1.29, 1.82) is 0 Å². The van der Waals surface area contributed by atoms with Gasteiger partial charge in [0.05, 0.1) is 19.5 Å². The molecule has 158 valence electrons. The number of hydrogen-bond donors (Lipinski definition) is 1. The van der Waals surface area contributed by atoms with Crippen molar-refractivity contribution in [3.05, 3.63) is 83.4 Å². The Morgan fingerprint density at radius 1 is 1.06 bits per heavy atom. The zero-order valence-electron chi connectivity index (χ0n) is 17.2. The number of amides is 1. The van der Waals surface area contributed by atoms with Gasteiger partial charge in [-0.3, -0.25) is 14.2 Å². The van der Waals surface area contributed by atoms with Gasteiger partial charge in [0, 0.05) is 33.2 Å². The van der Waals surface area contributed by atoms with Gasteiger partial charge in [-0.2, -0.15) is 0 Å². The molecule has 1 aliphatic heterocycles. The van der Waals surface area contributed by atoms with Gasteiger partial charge >= 0.3 is 0 Å². The van der Waals surface area contributed by atoms with Gasteiger partial charge in [-0.15, -0.1) is 0 Å². The van der Waals surface area contributed by atoms with Crippen molar-refractivity contribution in [2.24, 2.45) is 4.99 Å². The molecule has 31 heavy (non-hydrogen) atoms. The molecule has 0 atom stereocenters. The highest BCUT2D eigenvalue weighted by atomic mass is 32.2. The van der Waals surface area contributed by atoms with Crippen LogP contribution in [-0.4, -0.2) is 25.4 Å². The van der Waals surface area contributed by atoms with Crippen LogP contribution < -0.4 is 10.1 Å². The van der Waals surface area contributed by atoms with Crippen molar-refractivity contribution in [2.45, 2.75) is 29.2 Å². The molecule has 1 amide bonds. The first-order valence-corrected chi connectivity index (χ1v) is 11.0. The first-order chi connectivity index (χ1) is 15.2. The van der Waals surface area contributed by atoms with Crippen LogP contribution in [0.2, 0.25) is 0 Å². The number of fused-ring (bicyclic) bond motifs is 2. The Balaban J connectivity index is 1.56. The van der Waals surface area contributed by atoms with Crippen LogP contribution in [0.25, 0.3) is 0 Å². The van der Waals surface area contributed by atoms with Crippen LogP contribution in [0, 0.1) is 0 Å². The molecular formula is C25H23FN2O2S. The van der Waals surface area contributed by atoms with Crippen molar-refractivity contribution in [3.8, 4) is 5.75 Å². The minimum Gasteiger partial charge on any atom is -0.497 e. The lowest BCUT2D eigenvalue weighted by atomic mass is 10.1. The summed E-state index contributed by atoms with van der Waals surface area (Å²) >= 11 is 1.62. The number of alkyl halides is 1. The lowest BCUT2D eigenvalue weighted by molar-refractivity contribution is 0.0951. The summed E-state index contributed by atoms with van der Waals surface area (Å²) in [4.78, 5) is 19.7. The van der Waals surface area contributed by atoms with Gasteiger partial charge in [-0.25, -0.2) is 0 Å². The molecular weight excluding hydrogens is 411 g/mol. The van der Waals surface area contributed by atoms with Crippen LogP contribution in [0.1, 0.15) is 34.3 Å². The topological polar surface area (TPSA) is 50.7 Å². The van der Waals surface area contributed by atoms with Gasteiger partial charge in [0.15, 0.2) is 0 Å². The predicted molar refractivity (Wildman–Crippen MR) is 123 cm³/mol. The first kappa shape index (κ1) is 21.1. The average molecular weight is 435 g/mol. The number of methoxy groups -OCH3 is 1. The van der Waals surface area contributed by atoms with E-state index in [0.29, 0.717) is 24.9 Å². The number of hydrogen-bond acceptors (Lipinski definition) is 4. The number of nitrogens with zero attached hydrogens (tertiary/aromatic N) is 1.